The lowest BCUT2D eigenvalue weighted by Gasteiger charge is -2.20. The number of nitrogens with one attached hydrogen (secondary N) is 3. The molecule has 3 aromatic heterocycles. The summed E-state index contributed by atoms with van der Waals surface area (Å²) in [6.07, 6.45) is -0.591. The van der Waals surface area contributed by atoms with Crippen LogP contribution in [-0.2, 0) is 28.8 Å². The second kappa shape index (κ2) is 25.3. The molecule has 0 spiro atoms. The molecule has 366 valence electrons. The van der Waals surface area contributed by atoms with Gasteiger partial charge in [0.05, 0.1) is 18.3 Å². The van der Waals surface area contributed by atoms with E-state index in [0.717, 1.165) is 34.0 Å². The Hall–Kier alpha value is -8.37. The van der Waals surface area contributed by atoms with Crippen LogP contribution in [0.3, 0.4) is 0 Å². The van der Waals surface area contributed by atoms with Crippen LogP contribution in [0.4, 0.5) is 28.6 Å². The number of carbonyl (C=O) groups is 6. The normalized spacial score (nSPS) is 11.3. The number of nitrogens with zero attached hydrogens (tertiary/aromatic N) is 6. The number of aromatic nitrogens is 3. The molecule has 0 saturated heterocycles. The second-order valence-electron chi connectivity index (χ2n) is 15.6. The molecule has 1 unspecified atom stereocenters. The lowest BCUT2D eigenvalue weighted by Crippen LogP contribution is -2.32. The van der Waals surface area contributed by atoms with E-state index in [0.29, 0.717) is 0 Å². The molecular weight excluding hydrogens is 988 g/mol. The van der Waals surface area contributed by atoms with Gasteiger partial charge in [-0.05, 0) is 42.8 Å². The SMILES string of the molecule is CC(C)(CC(=O)O)C(=O)Nc1nc(-c2ccccc2F)c(C#N)s1.CC(CC(=O)O)C(=O)Nc1nc(-c2ccccc2F)c(C#N)s1.C[C@@H](CCC(=O)O)C(=O)Nc1nc(-c2ccccc2F)c(C#N)s1. The maximum absolute atomic E-state index is 13.9. The van der Waals surface area contributed by atoms with Crippen molar-refractivity contribution < 1.29 is 57.3 Å². The first-order chi connectivity index (χ1) is 33.6. The minimum absolute atomic E-state index is 0.115. The van der Waals surface area contributed by atoms with Gasteiger partial charge in [0.2, 0.25) is 17.7 Å². The first-order valence-corrected chi connectivity index (χ1v) is 23.1. The van der Waals surface area contributed by atoms with Crippen LogP contribution in [0.15, 0.2) is 72.8 Å². The lowest BCUT2D eigenvalue weighted by atomic mass is 9.88. The number of nitriles is 3. The zero-order valence-electron chi connectivity index (χ0n) is 37.7. The molecule has 18 nitrogen and oxygen atoms in total. The van der Waals surface area contributed by atoms with Crippen molar-refractivity contribution in [3.05, 3.63) is 105 Å². The van der Waals surface area contributed by atoms with Crippen molar-refractivity contribution in [2.75, 3.05) is 16.0 Å². The van der Waals surface area contributed by atoms with E-state index in [1.165, 1.54) is 75.4 Å². The Labute approximate surface area is 414 Å². The van der Waals surface area contributed by atoms with Crippen molar-refractivity contribution in [1.29, 1.82) is 15.8 Å². The largest absolute Gasteiger partial charge is 0.481 e. The predicted molar refractivity (Wildman–Crippen MR) is 256 cm³/mol. The standard InChI is InChI=1S/2C16H14FN3O3S.C15H12FN3O3S/c1-16(2,7-12(21)22)14(23)20-15-19-13(11(8-18)24-15)9-5-3-4-6-10(9)17;1-9(6-7-13(21)22)15(23)20-16-19-14(12(8-18)24-16)10-4-2-3-5-11(10)17;1-8(6-12(20)21)14(22)19-15-18-13(11(7-17)23-15)9-4-2-3-5-10(9)16/h3-6H,7H2,1-2H3,(H,21,22)(H,19,20,23);2-5,9H,6-7H2,1H3,(H,21,22)(H,19,20,23);2-5,8H,6H2,1H3,(H,20,21)(H,18,19,22)/t;9-;/m.0./s1. The number of aliphatic carboxylic acids is 3. The molecule has 3 heterocycles. The van der Waals surface area contributed by atoms with Crippen LogP contribution in [0.5, 0.6) is 0 Å². The number of benzene rings is 3. The fourth-order valence-corrected chi connectivity index (χ4v) is 8.19. The Bertz CT molecular complexity index is 3100. The van der Waals surface area contributed by atoms with Gasteiger partial charge < -0.3 is 31.3 Å². The fourth-order valence-electron chi connectivity index (χ4n) is 5.86. The molecule has 0 radical (unpaired) electrons. The molecule has 2 atom stereocenters. The molecule has 0 bridgehead atoms. The second-order valence-corrected chi connectivity index (χ2v) is 18.6. The van der Waals surface area contributed by atoms with Gasteiger partial charge in [0.1, 0.15) is 67.4 Å². The van der Waals surface area contributed by atoms with Gasteiger partial charge in [-0.3, -0.25) is 28.8 Å². The van der Waals surface area contributed by atoms with Crippen LogP contribution in [-0.4, -0.2) is 65.9 Å². The number of anilines is 3. The summed E-state index contributed by atoms with van der Waals surface area (Å²) in [4.78, 5) is 81.0. The van der Waals surface area contributed by atoms with Crippen LogP contribution in [0.2, 0.25) is 0 Å². The van der Waals surface area contributed by atoms with Gasteiger partial charge in [0, 0.05) is 34.9 Å². The average Bonchev–Trinajstić information content (AvgIpc) is 4.04. The molecule has 24 heteroatoms. The van der Waals surface area contributed by atoms with E-state index in [1.54, 1.807) is 25.1 Å². The Balaban J connectivity index is 0.000000231. The Morgan fingerprint density at radius 3 is 1.25 bits per heavy atom. The van der Waals surface area contributed by atoms with Crippen molar-refractivity contribution in [1.82, 2.24) is 15.0 Å². The number of amides is 3. The predicted octanol–water partition coefficient (Wildman–Crippen LogP) is 9.39. The summed E-state index contributed by atoms with van der Waals surface area (Å²) in [5.74, 6) is -7.44. The topological polar surface area (TPSA) is 309 Å². The highest BCUT2D eigenvalue weighted by atomic mass is 32.1. The molecule has 6 rings (SSSR count). The third kappa shape index (κ3) is 15.6. The molecule has 3 amide bonds. The Morgan fingerprint density at radius 2 is 0.930 bits per heavy atom. The third-order valence-electron chi connectivity index (χ3n) is 9.63. The van der Waals surface area contributed by atoms with Crippen molar-refractivity contribution in [3.63, 3.8) is 0 Å². The molecule has 0 aliphatic carbocycles. The summed E-state index contributed by atoms with van der Waals surface area (Å²) in [6, 6.07) is 23.5. The number of carboxylic acid groups (broad SMARTS) is 3. The molecule has 0 aliphatic rings. The highest BCUT2D eigenvalue weighted by Gasteiger charge is 2.32. The van der Waals surface area contributed by atoms with Crippen LogP contribution in [0.25, 0.3) is 33.8 Å². The van der Waals surface area contributed by atoms with Crippen LogP contribution in [0.1, 0.15) is 68.0 Å². The zero-order chi connectivity index (χ0) is 52.6. The summed E-state index contributed by atoms with van der Waals surface area (Å²) < 4.78 is 41.6. The first-order valence-electron chi connectivity index (χ1n) is 20.6. The minimum atomic E-state index is -1.15. The number of rotatable bonds is 16. The Kier molecular flexibility index (Phi) is 19.7. The van der Waals surface area contributed by atoms with Crippen LogP contribution < -0.4 is 16.0 Å². The molecule has 3 aromatic carbocycles. The maximum atomic E-state index is 13.9. The monoisotopic (exact) mass is 1030 g/mol. The van der Waals surface area contributed by atoms with Crippen LogP contribution in [0, 0.1) is 68.7 Å². The van der Waals surface area contributed by atoms with Gasteiger partial charge in [0.15, 0.2) is 15.4 Å². The van der Waals surface area contributed by atoms with Gasteiger partial charge in [-0.15, -0.1) is 0 Å². The van der Waals surface area contributed by atoms with Gasteiger partial charge in [0.25, 0.3) is 0 Å². The lowest BCUT2D eigenvalue weighted by molar-refractivity contribution is -0.142. The summed E-state index contributed by atoms with van der Waals surface area (Å²) in [7, 11) is 0. The van der Waals surface area contributed by atoms with Crippen molar-refractivity contribution in [3.8, 4) is 52.0 Å². The number of hydrogen-bond acceptors (Lipinski definition) is 15. The first kappa shape index (κ1) is 55.2. The van der Waals surface area contributed by atoms with Crippen molar-refractivity contribution in [2.45, 2.75) is 53.4 Å². The molecule has 71 heavy (non-hydrogen) atoms. The number of carboxylic acids is 3. The molecule has 6 N–H and O–H groups in total. The highest BCUT2D eigenvalue weighted by molar-refractivity contribution is 7.17. The van der Waals surface area contributed by atoms with E-state index >= 15 is 0 Å². The minimum Gasteiger partial charge on any atom is -0.481 e. The maximum Gasteiger partial charge on any atom is 0.304 e. The van der Waals surface area contributed by atoms with Gasteiger partial charge in [-0.2, -0.15) is 15.8 Å². The molecule has 0 aliphatic heterocycles. The van der Waals surface area contributed by atoms with E-state index in [1.807, 2.05) is 18.2 Å². The fraction of sp³-hybridized carbons (Fsp3) is 0.234. The quantitative estimate of drug-likeness (QED) is 0.0526. The van der Waals surface area contributed by atoms with Gasteiger partial charge in [-0.1, -0.05) is 98.1 Å². The number of carbonyl (C=O) groups excluding carboxylic acids is 3. The van der Waals surface area contributed by atoms with Crippen molar-refractivity contribution in [2.24, 2.45) is 17.3 Å². The summed E-state index contributed by atoms with van der Waals surface area (Å²) >= 11 is 2.76. The zero-order valence-corrected chi connectivity index (χ0v) is 40.2. The van der Waals surface area contributed by atoms with E-state index in [2.05, 4.69) is 30.9 Å². The van der Waals surface area contributed by atoms with E-state index in [9.17, 15) is 52.5 Å². The highest BCUT2D eigenvalue weighted by Crippen LogP contribution is 2.35. The van der Waals surface area contributed by atoms with Gasteiger partial charge >= 0.3 is 17.9 Å². The van der Waals surface area contributed by atoms with E-state index in [4.69, 9.17) is 20.6 Å². The third-order valence-corrected chi connectivity index (χ3v) is 12.3. The Morgan fingerprint density at radius 1 is 0.577 bits per heavy atom. The summed E-state index contributed by atoms with van der Waals surface area (Å²) in [5, 5.41) is 61.7. The summed E-state index contributed by atoms with van der Waals surface area (Å²) in [6.45, 7) is 6.06. The summed E-state index contributed by atoms with van der Waals surface area (Å²) in [5.41, 5.74) is -0.167. The van der Waals surface area contributed by atoms with E-state index < -0.39 is 70.3 Å². The van der Waals surface area contributed by atoms with Gasteiger partial charge in [-0.25, -0.2) is 28.1 Å². The number of hydrogen-bond donors (Lipinski definition) is 6. The van der Waals surface area contributed by atoms with Crippen molar-refractivity contribution >= 4 is 85.0 Å². The molecule has 0 fully saturated rings. The smallest absolute Gasteiger partial charge is 0.304 e. The van der Waals surface area contributed by atoms with E-state index in [-0.39, 0.29) is 89.5 Å². The number of thiazole rings is 3. The molecular formula is C47H40F3N9O9S3. The molecule has 6 aromatic rings. The number of halogens is 3. The molecule has 0 saturated carbocycles. The average molecular weight is 1030 g/mol. The van der Waals surface area contributed by atoms with Crippen LogP contribution >= 0.6 is 34.0 Å².